The average Bonchev–Trinajstić information content (AvgIpc) is 3.00. The van der Waals surface area contributed by atoms with Crippen molar-refractivity contribution in [1.29, 1.82) is 0 Å². The van der Waals surface area contributed by atoms with Gasteiger partial charge in [0.05, 0.1) is 12.1 Å². The lowest BCUT2D eigenvalue weighted by Crippen LogP contribution is -2.39. The number of rotatable bonds is 5. The summed E-state index contributed by atoms with van der Waals surface area (Å²) in [6.07, 6.45) is 7.12. The van der Waals surface area contributed by atoms with Crippen LogP contribution in [0.1, 0.15) is 18.4 Å². The number of imidazole rings is 1. The first-order valence-corrected chi connectivity index (χ1v) is 9.32. The molecular formula is C16H20FN3O2S. The van der Waals surface area contributed by atoms with Crippen molar-refractivity contribution < 1.29 is 12.8 Å². The number of aromatic nitrogens is 2. The van der Waals surface area contributed by atoms with Gasteiger partial charge in [0.2, 0.25) is 10.0 Å². The molecule has 1 fully saturated rings. The first kappa shape index (κ1) is 16.1. The molecule has 0 spiro atoms. The molecule has 0 saturated carbocycles. The lowest BCUT2D eigenvalue weighted by Gasteiger charge is -2.31. The van der Waals surface area contributed by atoms with Gasteiger partial charge in [0.15, 0.2) is 0 Å². The lowest BCUT2D eigenvalue weighted by atomic mass is 9.98. The van der Waals surface area contributed by atoms with Crippen LogP contribution >= 0.6 is 0 Å². The second-order valence-corrected chi connectivity index (χ2v) is 7.96. The van der Waals surface area contributed by atoms with Crippen molar-refractivity contribution in [3.8, 4) is 0 Å². The molecule has 124 valence electrons. The van der Waals surface area contributed by atoms with E-state index in [9.17, 15) is 12.8 Å². The van der Waals surface area contributed by atoms with Crippen LogP contribution in [-0.2, 0) is 22.3 Å². The summed E-state index contributed by atoms with van der Waals surface area (Å²) in [6.45, 7) is 1.92. The first-order chi connectivity index (χ1) is 11.0. The van der Waals surface area contributed by atoms with Crippen molar-refractivity contribution in [1.82, 2.24) is 13.9 Å². The molecule has 1 aromatic heterocycles. The van der Waals surface area contributed by atoms with Gasteiger partial charge in [-0.05, 0) is 36.5 Å². The van der Waals surface area contributed by atoms with Crippen molar-refractivity contribution in [2.75, 3.05) is 13.1 Å². The fraction of sp³-hybridized carbons (Fsp3) is 0.438. The number of piperidine rings is 1. The van der Waals surface area contributed by atoms with Crippen molar-refractivity contribution >= 4 is 10.0 Å². The molecule has 1 aromatic carbocycles. The van der Waals surface area contributed by atoms with Crippen molar-refractivity contribution in [3.05, 3.63) is 54.4 Å². The van der Waals surface area contributed by atoms with Crippen LogP contribution in [0.25, 0.3) is 0 Å². The summed E-state index contributed by atoms with van der Waals surface area (Å²) < 4.78 is 41.7. The maximum absolute atomic E-state index is 13.2. The molecule has 0 radical (unpaired) electrons. The maximum atomic E-state index is 13.2. The minimum absolute atomic E-state index is 0.142. The summed E-state index contributed by atoms with van der Waals surface area (Å²) in [5.41, 5.74) is 0.491. The third-order valence-corrected chi connectivity index (χ3v) is 6.08. The van der Waals surface area contributed by atoms with Gasteiger partial charge in [-0.1, -0.05) is 12.1 Å². The van der Waals surface area contributed by atoms with Gasteiger partial charge in [-0.2, -0.15) is 0 Å². The van der Waals surface area contributed by atoms with Crippen LogP contribution in [0.5, 0.6) is 0 Å². The molecule has 0 amide bonds. The molecule has 0 aliphatic carbocycles. The van der Waals surface area contributed by atoms with Crippen LogP contribution < -0.4 is 0 Å². The normalized spacial score (nSPS) is 17.4. The molecule has 3 rings (SSSR count). The van der Waals surface area contributed by atoms with Gasteiger partial charge in [0.25, 0.3) is 0 Å². The summed E-state index contributed by atoms with van der Waals surface area (Å²) in [4.78, 5) is 4.02. The van der Waals surface area contributed by atoms with E-state index >= 15 is 0 Å². The largest absolute Gasteiger partial charge is 0.337 e. The van der Waals surface area contributed by atoms with Gasteiger partial charge in [0.1, 0.15) is 5.82 Å². The monoisotopic (exact) mass is 337 g/mol. The van der Waals surface area contributed by atoms with E-state index in [-0.39, 0.29) is 5.75 Å². The Hall–Kier alpha value is -1.73. The summed E-state index contributed by atoms with van der Waals surface area (Å²) >= 11 is 0. The van der Waals surface area contributed by atoms with Crippen LogP contribution in [0, 0.1) is 11.7 Å². The topological polar surface area (TPSA) is 55.2 Å². The Balaban J connectivity index is 1.57. The van der Waals surface area contributed by atoms with Crippen LogP contribution in [0.2, 0.25) is 0 Å². The highest BCUT2D eigenvalue weighted by molar-refractivity contribution is 7.88. The molecular weight excluding hydrogens is 317 g/mol. The summed E-state index contributed by atoms with van der Waals surface area (Å²) in [5.74, 6) is -0.0849. The third-order valence-electron chi connectivity index (χ3n) is 4.23. The number of nitrogens with zero attached hydrogens (tertiary/aromatic N) is 3. The van der Waals surface area contributed by atoms with E-state index in [1.165, 1.54) is 22.5 Å². The Morgan fingerprint density at radius 1 is 1.26 bits per heavy atom. The van der Waals surface area contributed by atoms with E-state index in [1.807, 2.05) is 10.8 Å². The van der Waals surface area contributed by atoms with E-state index in [0.717, 1.165) is 19.4 Å². The molecule has 0 N–H and O–H groups in total. The summed E-state index contributed by atoms with van der Waals surface area (Å²) in [7, 11) is -3.39. The maximum Gasteiger partial charge on any atom is 0.218 e. The number of hydrogen-bond acceptors (Lipinski definition) is 3. The van der Waals surface area contributed by atoms with Gasteiger partial charge < -0.3 is 4.57 Å². The van der Waals surface area contributed by atoms with Gasteiger partial charge >= 0.3 is 0 Å². The fourth-order valence-electron chi connectivity index (χ4n) is 2.99. The fourth-order valence-corrected chi connectivity index (χ4v) is 4.54. The molecule has 1 saturated heterocycles. The predicted octanol–water partition coefficient (Wildman–Crippen LogP) is 2.26. The average molecular weight is 337 g/mol. The third kappa shape index (κ3) is 4.17. The second kappa shape index (κ2) is 6.80. The highest BCUT2D eigenvalue weighted by Gasteiger charge is 2.28. The molecule has 5 nitrogen and oxygen atoms in total. The zero-order valence-electron chi connectivity index (χ0n) is 12.8. The number of halogens is 1. The molecule has 23 heavy (non-hydrogen) atoms. The Bertz CT molecular complexity index is 738. The van der Waals surface area contributed by atoms with Gasteiger partial charge in [-0.3, -0.25) is 0 Å². The number of benzene rings is 1. The van der Waals surface area contributed by atoms with Crippen LogP contribution in [-0.4, -0.2) is 35.4 Å². The standard InChI is InChI=1S/C16H20FN3O2S/c17-16-3-1-2-15(10-16)12-23(21,22)20-7-4-14(5-8-20)11-19-9-6-18-13-19/h1-3,6,9-10,13-14H,4-5,7-8,11-12H2. The number of sulfonamides is 1. The highest BCUT2D eigenvalue weighted by Crippen LogP contribution is 2.23. The number of hydrogen-bond donors (Lipinski definition) is 0. The molecule has 2 aromatic rings. The van der Waals surface area contributed by atoms with E-state index < -0.39 is 15.8 Å². The van der Waals surface area contributed by atoms with Crippen molar-refractivity contribution in [3.63, 3.8) is 0 Å². The Morgan fingerprint density at radius 3 is 2.70 bits per heavy atom. The van der Waals surface area contributed by atoms with E-state index in [0.29, 0.717) is 24.6 Å². The zero-order valence-corrected chi connectivity index (χ0v) is 13.6. The second-order valence-electron chi connectivity index (χ2n) is 5.99. The Kier molecular flexibility index (Phi) is 4.77. The van der Waals surface area contributed by atoms with Crippen LogP contribution in [0.4, 0.5) is 4.39 Å². The molecule has 1 aliphatic rings. The minimum atomic E-state index is -3.39. The summed E-state index contributed by atoms with van der Waals surface area (Å²) in [5, 5.41) is 0. The van der Waals surface area contributed by atoms with Gasteiger partial charge in [-0.25, -0.2) is 22.1 Å². The molecule has 1 aliphatic heterocycles. The molecule has 0 bridgehead atoms. The minimum Gasteiger partial charge on any atom is -0.337 e. The lowest BCUT2D eigenvalue weighted by molar-refractivity contribution is 0.252. The molecule has 0 unspecified atom stereocenters. The predicted molar refractivity (Wildman–Crippen MR) is 85.5 cm³/mol. The van der Waals surface area contributed by atoms with Gasteiger partial charge in [-0.15, -0.1) is 0 Å². The highest BCUT2D eigenvalue weighted by atomic mass is 32.2. The van der Waals surface area contributed by atoms with E-state index in [1.54, 1.807) is 18.6 Å². The van der Waals surface area contributed by atoms with E-state index in [4.69, 9.17) is 0 Å². The smallest absolute Gasteiger partial charge is 0.218 e. The quantitative estimate of drug-likeness (QED) is 0.841. The molecule has 7 heteroatoms. The van der Waals surface area contributed by atoms with Crippen molar-refractivity contribution in [2.24, 2.45) is 5.92 Å². The Labute approximate surface area is 135 Å². The SMILES string of the molecule is O=S(=O)(Cc1cccc(F)c1)N1CCC(Cn2ccnc2)CC1. The van der Waals surface area contributed by atoms with Crippen LogP contribution in [0.3, 0.4) is 0 Å². The van der Waals surface area contributed by atoms with Crippen LogP contribution in [0.15, 0.2) is 43.0 Å². The van der Waals surface area contributed by atoms with E-state index in [2.05, 4.69) is 4.98 Å². The molecule has 2 heterocycles. The Morgan fingerprint density at radius 2 is 2.04 bits per heavy atom. The van der Waals surface area contributed by atoms with Crippen molar-refractivity contribution in [2.45, 2.75) is 25.1 Å². The first-order valence-electron chi connectivity index (χ1n) is 7.71. The molecule has 0 atom stereocenters. The zero-order chi connectivity index (χ0) is 16.3. The van der Waals surface area contributed by atoms with Gasteiger partial charge in [0, 0.05) is 32.0 Å². The summed E-state index contributed by atoms with van der Waals surface area (Å²) in [6, 6.07) is 5.78.